The molecule has 2 aromatic rings. The first kappa shape index (κ1) is 25.4. The van der Waals surface area contributed by atoms with Crippen LogP contribution in [0.3, 0.4) is 0 Å². The Kier molecular flexibility index (Phi) is 9.47. The van der Waals surface area contributed by atoms with Gasteiger partial charge >= 0.3 is 0 Å². The fourth-order valence-electron chi connectivity index (χ4n) is 4.13. The maximum Gasteiger partial charge on any atom is 0.255 e. The molecular formula is C28H34IN2O2+. The number of allylic oxidation sites excluding steroid dienone is 4. The lowest BCUT2D eigenvalue weighted by Gasteiger charge is -2.40. The molecular weight excluding hydrogens is 523 g/mol. The number of nitrogens with one attached hydrogen (secondary N) is 1. The largest absolute Gasteiger partial charge is 0.381 e. The van der Waals surface area contributed by atoms with Crippen LogP contribution in [0.4, 0.5) is 5.69 Å². The summed E-state index contributed by atoms with van der Waals surface area (Å²) in [5, 5.41) is 3.02. The third-order valence-electron chi connectivity index (χ3n) is 6.10. The van der Waals surface area contributed by atoms with Gasteiger partial charge in [0.1, 0.15) is 6.54 Å². The first-order valence-electron chi connectivity index (χ1n) is 11.4. The van der Waals surface area contributed by atoms with Crippen LogP contribution in [0.2, 0.25) is 0 Å². The molecule has 3 rings (SSSR count). The molecule has 174 valence electrons. The molecule has 0 aromatic heterocycles. The van der Waals surface area contributed by atoms with Crippen LogP contribution in [-0.4, -0.2) is 43.7 Å². The van der Waals surface area contributed by atoms with Gasteiger partial charge in [-0.2, -0.15) is 0 Å². The maximum absolute atomic E-state index is 12.8. The molecule has 1 aliphatic heterocycles. The zero-order valence-corrected chi connectivity index (χ0v) is 21.9. The molecule has 5 heteroatoms. The van der Waals surface area contributed by atoms with Crippen molar-refractivity contribution in [2.75, 3.05) is 32.6 Å². The second-order valence-corrected chi connectivity index (χ2v) is 9.84. The van der Waals surface area contributed by atoms with E-state index in [1.54, 1.807) is 0 Å². The first-order chi connectivity index (χ1) is 15.9. The van der Waals surface area contributed by atoms with Crippen LogP contribution in [0.1, 0.15) is 41.3 Å². The van der Waals surface area contributed by atoms with Crippen LogP contribution in [0.15, 0.2) is 76.4 Å². The van der Waals surface area contributed by atoms with Gasteiger partial charge in [-0.15, -0.1) is 0 Å². The van der Waals surface area contributed by atoms with E-state index in [9.17, 15) is 4.79 Å². The van der Waals surface area contributed by atoms with Gasteiger partial charge in [0.15, 0.2) is 0 Å². The van der Waals surface area contributed by atoms with Crippen LogP contribution in [0, 0.1) is 0 Å². The third-order valence-corrected chi connectivity index (χ3v) is 6.46. The summed E-state index contributed by atoms with van der Waals surface area (Å²) < 4.78 is 8.46. The Bertz CT molecular complexity index is 1020. The fourth-order valence-corrected chi connectivity index (χ4v) is 4.70. The zero-order chi connectivity index (χ0) is 23.7. The Morgan fingerprint density at radius 2 is 1.88 bits per heavy atom. The molecule has 1 aliphatic rings. The van der Waals surface area contributed by atoms with Gasteiger partial charge < -0.3 is 14.5 Å². The highest BCUT2D eigenvalue weighted by Gasteiger charge is 2.30. The Morgan fingerprint density at radius 1 is 1.15 bits per heavy atom. The highest BCUT2D eigenvalue weighted by molar-refractivity contribution is 14.1. The number of quaternary nitrogens is 1. The van der Waals surface area contributed by atoms with Gasteiger partial charge in [0, 0.05) is 29.7 Å². The number of benzene rings is 2. The number of amides is 1. The maximum atomic E-state index is 12.8. The molecule has 0 bridgehead atoms. The van der Waals surface area contributed by atoms with Crippen molar-refractivity contribution in [3.8, 4) is 0 Å². The first-order valence-corrected chi connectivity index (χ1v) is 12.6. The van der Waals surface area contributed by atoms with Gasteiger partial charge in [0.2, 0.25) is 0 Å². The minimum absolute atomic E-state index is 0.101. The number of ether oxygens (including phenoxy) is 1. The Balaban J connectivity index is 1.60. The third kappa shape index (κ3) is 7.95. The van der Waals surface area contributed by atoms with Crippen LogP contribution in [-0.2, 0) is 11.3 Å². The van der Waals surface area contributed by atoms with E-state index in [4.69, 9.17) is 4.74 Å². The summed E-state index contributed by atoms with van der Waals surface area (Å²) in [6, 6.07) is 16.5. The van der Waals surface area contributed by atoms with E-state index >= 15 is 0 Å². The smallest absolute Gasteiger partial charge is 0.255 e. The average molecular weight is 557 g/mol. The molecule has 1 N–H and O–H groups in total. The molecule has 33 heavy (non-hydrogen) atoms. The van der Waals surface area contributed by atoms with Gasteiger partial charge in [0.25, 0.3) is 5.91 Å². The van der Waals surface area contributed by atoms with E-state index in [-0.39, 0.29) is 5.91 Å². The number of hydrogen-bond donors (Lipinski definition) is 1. The second kappa shape index (κ2) is 12.3. The van der Waals surface area contributed by atoms with Crippen LogP contribution < -0.4 is 5.32 Å². The van der Waals surface area contributed by atoms with E-state index < -0.39 is 0 Å². The molecule has 1 amide bonds. The Morgan fingerprint density at radius 3 is 2.58 bits per heavy atom. The van der Waals surface area contributed by atoms with Crippen LogP contribution in [0.25, 0.3) is 6.08 Å². The van der Waals surface area contributed by atoms with Crippen LogP contribution in [0.5, 0.6) is 0 Å². The average Bonchev–Trinajstić information content (AvgIpc) is 2.81. The molecule has 2 aromatic carbocycles. The van der Waals surface area contributed by atoms with Crippen molar-refractivity contribution in [2.24, 2.45) is 0 Å². The highest BCUT2D eigenvalue weighted by Crippen LogP contribution is 2.23. The molecule has 1 saturated heterocycles. The molecule has 4 nitrogen and oxygen atoms in total. The molecule has 0 spiro atoms. The summed E-state index contributed by atoms with van der Waals surface area (Å²) in [7, 11) is 4.59. The quantitative estimate of drug-likeness (QED) is 0.226. The predicted octanol–water partition coefficient (Wildman–Crippen LogP) is 6.60. The van der Waals surface area contributed by atoms with E-state index in [1.165, 1.54) is 11.1 Å². The molecule has 0 aliphatic carbocycles. The highest BCUT2D eigenvalue weighted by atomic mass is 127. The Hall–Kier alpha value is -2.22. The van der Waals surface area contributed by atoms with Crippen molar-refractivity contribution < 1.29 is 14.0 Å². The minimum Gasteiger partial charge on any atom is -0.381 e. The number of nitrogens with zero attached hydrogens (tertiary/aromatic N) is 1. The summed E-state index contributed by atoms with van der Waals surface area (Å²) in [4.78, 5) is 12.8. The summed E-state index contributed by atoms with van der Waals surface area (Å²) in [5.41, 5.74) is 4.90. The van der Waals surface area contributed by atoms with Gasteiger partial charge in [-0.05, 0) is 40.8 Å². The topological polar surface area (TPSA) is 38.3 Å². The molecule has 1 fully saturated rings. The lowest BCUT2D eigenvalue weighted by Crippen LogP contribution is -2.50. The molecule has 0 atom stereocenters. The van der Waals surface area contributed by atoms with E-state index in [0.717, 1.165) is 48.3 Å². The summed E-state index contributed by atoms with van der Waals surface area (Å²) in [6.45, 7) is 4.75. The fraction of sp³-hybridized carbons (Fsp3) is 0.321. The van der Waals surface area contributed by atoms with Crippen molar-refractivity contribution in [2.45, 2.75) is 32.4 Å². The van der Waals surface area contributed by atoms with Gasteiger partial charge in [0.05, 0.1) is 33.4 Å². The number of anilines is 1. The second-order valence-electron chi connectivity index (χ2n) is 9.12. The lowest BCUT2D eigenvalue weighted by atomic mass is 10.0. The van der Waals surface area contributed by atoms with Crippen molar-refractivity contribution in [3.63, 3.8) is 0 Å². The van der Waals surface area contributed by atoms with E-state index in [2.05, 4.69) is 61.1 Å². The number of carbonyl (C=O) groups is 1. The predicted molar refractivity (Wildman–Crippen MR) is 146 cm³/mol. The Labute approximate surface area is 211 Å². The number of rotatable bonds is 8. The molecule has 0 radical (unpaired) electrons. The van der Waals surface area contributed by atoms with Crippen molar-refractivity contribution in [1.82, 2.24) is 0 Å². The summed E-state index contributed by atoms with van der Waals surface area (Å²) in [5.74, 6) is -0.101. The van der Waals surface area contributed by atoms with E-state index in [1.807, 2.05) is 64.8 Å². The SMILES string of the molecule is CC(/C=C\I)=C/C=C/c1cccc(C(=O)Nc2ccc(C[N+](C)(C)C3CCOCC3)cc2)c1. The molecule has 0 unspecified atom stereocenters. The summed E-state index contributed by atoms with van der Waals surface area (Å²) >= 11 is 2.21. The van der Waals surface area contributed by atoms with Gasteiger partial charge in [-0.1, -0.05) is 76.7 Å². The van der Waals surface area contributed by atoms with Crippen molar-refractivity contribution in [3.05, 3.63) is 93.1 Å². The van der Waals surface area contributed by atoms with Crippen LogP contribution >= 0.6 is 22.6 Å². The van der Waals surface area contributed by atoms with Gasteiger partial charge in [-0.25, -0.2) is 0 Å². The number of carbonyl (C=O) groups excluding carboxylic acids is 1. The van der Waals surface area contributed by atoms with Crippen molar-refractivity contribution >= 4 is 40.3 Å². The number of hydrogen-bond acceptors (Lipinski definition) is 2. The standard InChI is InChI=1S/C28H33IN2O2/c1-22(14-17-29)6-4-7-23-8-5-9-25(20-23)28(32)30-26-12-10-24(11-13-26)21-31(2,3)27-15-18-33-19-16-27/h4-14,17,20,27H,15-16,18-19,21H2,1-3H3/p+1/b7-4+,17-14-,22-6-. The van der Waals surface area contributed by atoms with E-state index in [0.29, 0.717) is 11.6 Å². The lowest BCUT2D eigenvalue weighted by molar-refractivity contribution is -0.929. The van der Waals surface area contributed by atoms with Gasteiger partial charge in [-0.3, -0.25) is 4.79 Å². The number of halogens is 1. The molecule has 0 saturated carbocycles. The zero-order valence-electron chi connectivity index (χ0n) is 19.8. The molecule has 1 heterocycles. The normalized spacial score (nSPS) is 15.9. The minimum atomic E-state index is -0.101. The summed E-state index contributed by atoms with van der Waals surface area (Å²) in [6.07, 6.45) is 10.3. The monoisotopic (exact) mass is 557 g/mol. The van der Waals surface area contributed by atoms with Crippen molar-refractivity contribution in [1.29, 1.82) is 0 Å².